The van der Waals surface area contributed by atoms with Crippen LogP contribution in [-0.2, 0) is 19.5 Å². The Bertz CT molecular complexity index is 935. The highest BCUT2D eigenvalue weighted by Gasteiger charge is 2.29. The number of pyridine rings is 1. The lowest BCUT2D eigenvalue weighted by molar-refractivity contribution is 0.0733. The summed E-state index contributed by atoms with van der Waals surface area (Å²) in [5.74, 6) is -0.0289. The van der Waals surface area contributed by atoms with Gasteiger partial charge in [-0.05, 0) is 28.4 Å². The second kappa shape index (κ2) is 7.03. The van der Waals surface area contributed by atoms with Gasteiger partial charge >= 0.3 is 0 Å². The quantitative estimate of drug-likeness (QED) is 0.652. The fourth-order valence-electron chi connectivity index (χ4n) is 3.31. The predicted molar refractivity (Wildman–Crippen MR) is 98.4 cm³/mol. The molecule has 0 aromatic carbocycles. The number of amides is 1. The summed E-state index contributed by atoms with van der Waals surface area (Å²) in [6.45, 7) is 4.14. The molecule has 0 spiro atoms. The molecule has 8 heteroatoms. The van der Waals surface area contributed by atoms with Crippen molar-refractivity contribution in [2.75, 3.05) is 6.54 Å². The number of oxazole rings is 1. The normalized spacial score (nSPS) is 13.7. The number of nitrogens with zero attached hydrogens (tertiary/aromatic N) is 5. The van der Waals surface area contributed by atoms with E-state index in [4.69, 9.17) is 9.52 Å². The van der Waals surface area contributed by atoms with E-state index in [1.54, 1.807) is 24.7 Å². The molecule has 0 saturated heterocycles. The molecule has 3 aromatic heterocycles. The minimum atomic E-state index is -0.0289. The van der Waals surface area contributed by atoms with Gasteiger partial charge in [-0.2, -0.15) is 5.10 Å². The van der Waals surface area contributed by atoms with E-state index < -0.39 is 0 Å². The van der Waals surface area contributed by atoms with Gasteiger partial charge in [0.1, 0.15) is 17.7 Å². The van der Waals surface area contributed by atoms with Gasteiger partial charge in [0.2, 0.25) is 0 Å². The molecule has 134 valence electrons. The summed E-state index contributed by atoms with van der Waals surface area (Å²) < 4.78 is 7.97. The van der Waals surface area contributed by atoms with Gasteiger partial charge in [-0.25, -0.2) is 4.98 Å². The Morgan fingerprint density at radius 2 is 2.27 bits per heavy atom. The average Bonchev–Trinajstić information content (AvgIpc) is 3.29. The monoisotopic (exact) mass is 415 g/mol. The van der Waals surface area contributed by atoms with Crippen LogP contribution in [0.3, 0.4) is 0 Å². The summed E-state index contributed by atoms with van der Waals surface area (Å²) in [5, 5.41) is 4.74. The topological polar surface area (TPSA) is 77.0 Å². The predicted octanol–water partition coefficient (Wildman–Crippen LogP) is 3.30. The third-order valence-electron chi connectivity index (χ3n) is 4.48. The standard InChI is InChI=1S/C18H18BrN5O2/c1-2-4-24-16-3-5-23(18(25)12-6-13(19)8-20-7-12)9-14(16)17(22-24)15-10-26-11-21-15/h6-8,10-11H,2-5,9H2,1H3. The first kappa shape index (κ1) is 17.0. The van der Waals surface area contributed by atoms with Crippen LogP contribution < -0.4 is 0 Å². The van der Waals surface area contributed by atoms with E-state index in [2.05, 4.69) is 32.8 Å². The molecule has 0 aliphatic carbocycles. The lowest BCUT2D eigenvalue weighted by Crippen LogP contribution is -2.36. The maximum Gasteiger partial charge on any atom is 0.255 e. The molecular formula is C18H18BrN5O2. The summed E-state index contributed by atoms with van der Waals surface area (Å²) in [6.07, 6.45) is 8.04. The second-order valence-electron chi connectivity index (χ2n) is 6.24. The largest absolute Gasteiger partial charge is 0.451 e. The number of hydrogen-bond donors (Lipinski definition) is 0. The number of carbonyl (C=O) groups excluding carboxylic acids is 1. The molecule has 1 amide bonds. The van der Waals surface area contributed by atoms with Gasteiger partial charge in [0, 0.05) is 47.6 Å². The maximum absolute atomic E-state index is 12.9. The van der Waals surface area contributed by atoms with Crippen molar-refractivity contribution in [3.8, 4) is 11.4 Å². The zero-order valence-electron chi connectivity index (χ0n) is 14.4. The zero-order chi connectivity index (χ0) is 18.1. The Morgan fingerprint density at radius 1 is 1.38 bits per heavy atom. The summed E-state index contributed by atoms with van der Waals surface area (Å²) in [6, 6.07) is 1.80. The average molecular weight is 416 g/mol. The van der Waals surface area contributed by atoms with Crippen LogP contribution in [0.2, 0.25) is 0 Å². The van der Waals surface area contributed by atoms with Crippen LogP contribution in [0.15, 0.2) is 40.0 Å². The second-order valence-corrected chi connectivity index (χ2v) is 7.15. The SMILES string of the molecule is CCCn1nc(-c2cocn2)c2c1CCN(C(=O)c1cncc(Br)c1)C2. The van der Waals surface area contributed by atoms with Gasteiger partial charge in [0.05, 0.1) is 12.1 Å². The molecular weight excluding hydrogens is 398 g/mol. The number of hydrogen-bond acceptors (Lipinski definition) is 5. The maximum atomic E-state index is 12.9. The van der Waals surface area contributed by atoms with E-state index in [0.717, 1.165) is 35.1 Å². The highest BCUT2D eigenvalue weighted by atomic mass is 79.9. The summed E-state index contributed by atoms with van der Waals surface area (Å²) in [5.41, 5.74) is 4.31. The van der Waals surface area contributed by atoms with Crippen molar-refractivity contribution in [3.05, 3.63) is 52.4 Å². The summed E-state index contributed by atoms with van der Waals surface area (Å²) in [7, 11) is 0. The minimum Gasteiger partial charge on any atom is -0.451 e. The number of halogens is 1. The highest BCUT2D eigenvalue weighted by molar-refractivity contribution is 9.10. The molecule has 0 bridgehead atoms. The Kier molecular flexibility index (Phi) is 4.58. The Morgan fingerprint density at radius 3 is 3.00 bits per heavy atom. The number of aryl methyl sites for hydroxylation is 1. The van der Waals surface area contributed by atoms with Crippen LogP contribution in [0.4, 0.5) is 0 Å². The number of rotatable bonds is 4. The number of aromatic nitrogens is 4. The molecule has 0 fully saturated rings. The molecule has 0 radical (unpaired) electrons. The fourth-order valence-corrected chi connectivity index (χ4v) is 3.67. The third-order valence-corrected chi connectivity index (χ3v) is 4.92. The highest BCUT2D eigenvalue weighted by Crippen LogP contribution is 2.30. The van der Waals surface area contributed by atoms with Crippen LogP contribution in [0, 0.1) is 0 Å². The molecule has 0 N–H and O–H groups in total. The number of carbonyl (C=O) groups is 1. The van der Waals surface area contributed by atoms with Gasteiger partial charge in [-0.1, -0.05) is 6.92 Å². The van der Waals surface area contributed by atoms with E-state index in [1.165, 1.54) is 12.1 Å². The van der Waals surface area contributed by atoms with E-state index in [1.807, 2.05) is 9.58 Å². The zero-order valence-corrected chi connectivity index (χ0v) is 15.9. The molecule has 1 aliphatic heterocycles. The van der Waals surface area contributed by atoms with Gasteiger partial charge < -0.3 is 9.32 Å². The van der Waals surface area contributed by atoms with Crippen molar-refractivity contribution in [1.82, 2.24) is 24.6 Å². The van der Waals surface area contributed by atoms with Crippen molar-refractivity contribution >= 4 is 21.8 Å². The Labute approximate surface area is 159 Å². The van der Waals surface area contributed by atoms with E-state index in [0.29, 0.717) is 24.3 Å². The smallest absolute Gasteiger partial charge is 0.255 e. The molecule has 4 rings (SSSR count). The lowest BCUT2D eigenvalue weighted by Gasteiger charge is -2.28. The van der Waals surface area contributed by atoms with E-state index >= 15 is 0 Å². The number of fused-ring (bicyclic) bond motifs is 1. The first-order valence-electron chi connectivity index (χ1n) is 8.54. The van der Waals surface area contributed by atoms with Gasteiger partial charge in [0.25, 0.3) is 5.91 Å². The van der Waals surface area contributed by atoms with Crippen molar-refractivity contribution in [1.29, 1.82) is 0 Å². The third kappa shape index (κ3) is 3.05. The van der Waals surface area contributed by atoms with Crippen molar-refractivity contribution < 1.29 is 9.21 Å². The Balaban J connectivity index is 1.68. The summed E-state index contributed by atoms with van der Waals surface area (Å²) >= 11 is 3.37. The molecule has 3 aromatic rings. The van der Waals surface area contributed by atoms with Crippen LogP contribution in [0.5, 0.6) is 0 Å². The fraction of sp³-hybridized carbons (Fsp3) is 0.333. The summed E-state index contributed by atoms with van der Waals surface area (Å²) in [4.78, 5) is 23.1. The van der Waals surface area contributed by atoms with Gasteiger partial charge in [0.15, 0.2) is 6.39 Å². The molecule has 7 nitrogen and oxygen atoms in total. The molecule has 0 saturated carbocycles. The minimum absolute atomic E-state index is 0.0289. The van der Waals surface area contributed by atoms with Gasteiger partial charge in [-0.3, -0.25) is 14.5 Å². The molecule has 1 aliphatic rings. The molecule has 26 heavy (non-hydrogen) atoms. The van der Waals surface area contributed by atoms with Crippen LogP contribution in [-0.4, -0.2) is 37.1 Å². The van der Waals surface area contributed by atoms with Crippen LogP contribution in [0.25, 0.3) is 11.4 Å². The van der Waals surface area contributed by atoms with Crippen molar-refractivity contribution in [2.45, 2.75) is 32.9 Å². The van der Waals surface area contributed by atoms with Crippen LogP contribution in [0.1, 0.15) is 35.0 Å². The molecule has 0 unspecified atom stereocenters. The Hall–Kier alpha value is -2.48. The van der Waals surface area contributed by atoms with Crippen LogP contribution >= 0.6 is 15.9 Å². The first-order chi connectivity index (χ1) is 12.7. The van der Waals surface area contributed by atoms with Crippen molar-refractivity contribution in [3.63, 3.8) is 0 Å². The van der Waals surface area contributed by atoms with E-state index in [-0.39, 0.29) is 5.91 Å². The molecule has 0 atom stereocenters. The van der Waals surface area contributed by atoms with Gasteiger partial charge in [-0.15, -0.1) is 0 Å². The lowest BCUT2D eigenvalue weighted by atomic mass is 10.0. The van der Waals surface area contributed by atoms with E-state index in [9.17, 15) is 4.79 Å². The first-order valence-corrected chi connectivity index (χ1v) is 9.33. The molecule has 4 heterocycles. The van der Waals surface area contributed by atoms with Crippen molar-refractivity contribution in [2.24, 2.45) is 0 Å².